The Bertz CT molecular complexity index is 711. The SMILES string of the molecule is NC(=NCc1ncccc1O)N1CCN(c2ccc(F)cc2)CC1. The molecule has 0 saturated carbocycles. The van der Waals surface area contributed by atoms with Gasteiger partial charge in [0.25, 0.3) is 0 Å². The molecule has 24 heavy (non-hydrogen) atoms. The van der Waals surface area contributed by atoms with Crippen LogP contribution in [0.2, 0.25) is 0 Å². The lowest BCUT2D eigenvalue weighted by Gasteiger charge is -2.36. The molecule has 0 aliphatic carbocycles. The van der Waals surface area contributed by atoms with Crippen molar-refractivity contribution in [2.75, 3.05) is 31.1 Å². The van der Waals surface area contributed by atoms with Gasteiger partial charge >= 0.3 is 0 Å². The first-order chi connectivity index (χ1) is 11.6. The number of piperazine rings is 1. The van der Waals surface area contributed by atoms with Crippen LogP contribution in [0.3, 0.4) is 0 Å². The Hall–Kier alpha value is -2.83. The van der Waals surface area contributed by atoms with Crippen LogP contribution in [0.1, 0.15) is 5.69 Å². The van der Waals surface area contributed by atoms with Crippen LogP contribution in [0.5, 0.6) is 5.75 Å². The first-order valence-corrected chi connectivity index (χ1v) is 7.82. The predicted octanol–water partition coefficient (Wildman–Crippen LogP) is 1.56. The van der Waals surface area contributed by atoms with Gasteiger partial charge in [0.15, 0.2) is 5.96 Å². The van der Waals surface area contributed by atoms with E-state index in [4.69, 9.17) is 5.73 Å². The smallest absolute Gasteiger partial charge is 0.191 e. The van der Waals surface area contributed by atoms with Gasteiger partial charge in [-0.15, -0.1) is 0 Å². The number of aromatic hydroxyl groups is 1. The number of nitrogens with two attached hydrogens (primary N) is 1. The van der Waals surface area contributed by atoms with Crippen molar-refractivity contribution in [3.63, 3.8) is 0 Å². The molecule has 7 heteroatoms. The van der Waals surface area contributed by atoms with Crippen molar-refractivity contribution in [2.45, 2.75) is 6.54 Å². The zero-order chi connectivity index (χ0) is 16.9. The summed E-state index contributed by atoms with van der Waals surface area (Å²) in [6, 6.07) is 9.75. The van der Waals surface area contributed by atoms with Crippen molar-refractivity contribution in [1.82, 2.24) is 9.88 Å². The topological polar surface area (TPSA) is 78.0 Å². The molecule has 2 aromatic rings. The van der Waals surface area contributed by atoms with Crippen LogP contribution in [-0.2, 0) is 6.54 Å². The summed E-state index contributed by atoms with van der Waals surface area (Å²) in [6.45, 7) is 3.30. The van der Waals surface area contributed by atoms with Crippen molar-refractivity contribution in [1.29, 1.82) is 0 Å². The summed E-state index contributed by atoms with van der Waals surface area (Å²) in [7, 11) is 0. The zero-order valence-electron chi connectivity index (χ0n) is 13.3. The Balaban J connectivity index is 1.56. The van der Waals surface area contributed by atoms with Gasteiger partial charge in [-0.05, 0) is 36.4 Å². The van der Waals surface area contributed by atoms with Crippen LogP contribution in [0.4, 0.5) is 10.1 Å². The Labute approximate surface area is 140 Å². The molecule has 0 unspecified atom stereocenters. The molecule has 3 N–H and O–H groups in total. The van der Waals surface area contributed by atoms with Crippen LogP contribution >= 0.6 is 0 Å². The Morgan fingerprint density at radius 3 is 2.54 bits per heavy atom. The van der Waals surface area contributed by atoms with E-state index < -0.39 is 0 Å². The summed E-state index contributed by atoms with van der Waals surface area (Å²) < 4.78 is 13.0. The third-order valence-corrected chi connectivity index (χ3v) is 4.05. The van der Waals surface area contributed by atoms with Crippen molar-refractivity contribution in [3.05, 3.63) is 54.1 Å². The van der Waals surface area contributed by atoms with Gasteiger partial charge in [0.05, 0.1) is 6.54 Å². The van der Waals surface area contributed by atoms with E-state index in [0.29, 0.717) is 11.7 Å². The lowest BCUT2D eigenvalue weighted by Crippen LogP contribution is -2.51. The molecule has 0 radical (unpaired) electrons. The fourth-order valence-electron chi connectivity index (χ4n) is 2.65. The molecule has 0 amide bonds. The molecule has 0 bridgehead atoms. The summed E-state index contributed by atoms with van der Waals surface area (Å²) in [5.41, 5.74) is 7.56. The number of hydrogen-bond donors (Lipinski definition) is 2. The van der Waals surface area contributed by atoms with Gasteiger partial charge in [-0.25, -0.2) is 9.38 Å². The average molecular weight is 329 g/mol. The molecule has 0 spiro atoms. The lowest BCUT2D eigenvalue weighted by molar-refractivity contribution is 0.380. The highest BCUT2D eigenvalue weighted by molar-refractivity contribution is 5.78. The molecule has 2 heterocycles. The molecule has 1 fully saturated rings. The van der Waals surface area contributed by atoms with Crippen LogP contribution in [0.15, 0.2) is 47.6 Å². The largest absolute Gasteiger partial charge is 0.506 e. The second-order valence-corrected chi connectivity index (χ2v) is 5.59. The summed E-state index contributed by atoms with van der Waals surface area (Å²) in [4.78, 5) is 12.6. The number of pyridine rings is 1. The number of rotatable bonds is 3. The highest BCUT2D eigenvalue weighted by Crippen LogP contribution is 2.17. The molecule has 0 atom stereocenters. The van der Waals surface area contributed by atoms with Crippen molar-refractivity contribution in [2.24, 2.45) is 10.7 Å². The number of aromatic nitrogens is 1. The van der Waals surface area contributed by atoms with Crippen LogP contribution in [-0.4, -0.2) is 47.1 Å². The van der Waals surface area contributed by atoms with Gasteiger partial charge in [0.2, 0.25) is 0 Å². The van der Waals surface area contributed by atoms with Crippen LogP contribution < -0.4 is 10.6 Å². The second-order valence-electron chi connectivity index (χ2n) is 5.59. The maximum atomic E-state index is 13.0. The lowest BCUT2D eigenvalue weighted by atomic mass is 10.2. The van der Waals surface area contributed by atoms with E-state index in [-0.39, 0.29) is 18.1 Å². The van der Waals surface area contributed by atoms with Gasteiger partial charge in [0, 0.05) is 38.1 Å². The van der Waals surface area contributed by atoms with E-state index in [1.165, 1.54) is 12.1 Å². The highest BCUT2D eigenvalue weighted by Gasteiger charge is 2.18. The molecule has 1 saturated heterocycles. The Kier molecular flexibility index (Phi) is 4.79. The molecule has 1 aliphatic rings. The highest BCUT2D eigenvalue weighted by atomic mass is 19.1. The minimum atomic E-state index is -0.230. The van der Waals surface area contributed by atoms with E-state index in [0.717, 1.165) is 31.9 Å². The Morgan fingerprint density at radius 2 is 1.88 bits per heavy atom. The predicted molar refractivity (Wildman–Crippen MR) is 91.4 cm³/mol. The molecular weight excluding hydrogens is 309 g/mol. The molecule has 3 rings (SSSR count). The fourth-order valence-corrected chi connectivity index (χ4v) is 2.65. The van der Waals surface area contributed by atoms with E-state index >= 15 is 0 Å². The van der Waals surface area contributed by atoms with E-state index in [1.807, 2.05) is 4.90 Å². The number of nitrogens with zero attached hydrogens (tertiary/aromatic N) is 4. The quantitative estimate of drug-likeness (QED) is 0.660. The van der Waals surface area contributed by atoms with Gasteiger partial charge in [0.1, 0.15) is 17.3 Å². The number of anilines is 1. The van der Waals surface area contributed by atoms with Gasteiger partial charge < -0.3 is 20.6 Å². The van der Waals surface area contributed by atoms with Crippen molar-refractivity contribution in [3.8, 4) is 5.75 Å². The molecule has 1 aromatic carbocycles. The van der Waals surface area contributed by atoms with Crippen LogP contribution in [0.25, 0.3) is 0 Å². The Morgan fingerprint density at radius 1 is 1.17 bits per heavy atom. The van der Waals surface area contributed by atoms with Crippen LogP contribution in [0, 0.1) is 5.82 Å². The maximum Gasteiger partial charge on any atom is 0.191 e. The minimum absolute atomic E-state index is 0.121. The molecular formula is C17H20FN5O. The monoisotopic (exact) mass is 329 g/mol. The number of benzene rings is 1. The fraction of sp³-hybridized carbons (Fsp3) is 0.294. The summed E-state index contributed by atoms with van der Waals surface area (Å²) >= 11 is 0. The zero-order valence-corrected chi connectivity index (χ0v) is 13.3. The molecule has 126 valence electrons. The van der Waals surface area contributed by atoms with Crippen molar-refractivity contribution < 1.29 is 9.50 Å². The molecule has 1 aromatic heterocycles. The van der Waals surface area contributed by atoms with E-state index in [1.54, 1.807) is 30.5 Å². The number of aliphatic imine (C=N–C) groups is 1. The molecule has 1 aliphatic heterocycles. The van der Waals surface area contributed by atoms with Gasteiger partial charge in [-0.1, -0.05) is 0 Å². The summed E-state index contributed by atoms with van der Waals surface area (Å²) in [5, 5.41) is 9.69. The summed E-state index contributed by atoms with van der Waals surface area (Å²) in [6.07, 6.45) is 1.61. The maximum absolute atomic E-state index is 13.0. The molecule has 6 nitrogen and oxygen atoms in total. The number of hydrogen-bond acceptors (Lipinski definition) is 4. The minimum Gasteiger partial charge on any atom is -0.506 e. The number of guanidine groups is 1. The normalized spacial score (nSPS) is 15.6. The van der Waals surface area contributed by atoms with E-state index in [2.05, 4.69) is 14.9 Å². The second kappa shape index (κ2) is 7.16. The van der Waals surface area contributed by atoms with Gasteiger partial charge in [-0.3, -0.25) is 4.98 Å². The average Bonchev–Trinajstić information content (AvgIpc) is 2.62. The van der Waals surface area contributed by atoms with Gasteiger partial charge in [-0.2, -0.15) is 0 Å². The first-order valence-electron chi connectivity index (χ1n) is 7.82. The number of halogens is 1. The standard InChI is InChI=1S/C17H20FN5O/c18-13-3-5-14(6-4-13)22-8-10-23(11-9-22)17(19)21-12-15-16(24)2-1-7-20-15/h1-7,24H,8-12H2,(H2,19,21). The summed E-state index contributed by atoms with van der Waals surface area (Å²) in [5.74, 6) is 0.334. The first kappa shape index (κ1) is 16.0. The van der Waals surface area contributed by atoms with Crippen molar-refractivity contribution >= 4 is 11.6 Å². The third kappa shape index (κ3) is 3.73. The van der Waals surface area contributed by atoms with E-state index in [9.17, 15) is 9.50 Å². The third-order valence-electron chi connectivity index (χ3n) is 4.05.